The van der Waals surface area contributed by atoms with Gasteiger partial charge in [-0.2, -0.15) is 0 Å². The van der Waals surface area contributed by atoms with Crippen LogP contribution in [0.1, 0.15) is 41.2 Å². The van der Waals surface area contributed by atoms with Crippen LogP contribution in [-0.4, -0.2) is 12.5 Å². The smallest absolute Gasteiger partial charge is 0.228 e. The number of aryl methyl sites for hydroxylation is 2. The van der Waals surface area contributed by atoms with Crippen molar-refractivity contribution < 1.29 is 9.21 Å². The Morgan fingerprint density at radius 1 is 1.33 bits per heavy atom. The Bertz CT molecular complexity index is 688. The lowest BCUT2D eigenvalue weighted by Gasteiger charge is -2.18. The Hall–Kier alpha value is -2.07. The van der Waals surface area contributed by atoms with Crippen molar-refractivity contribution in [3.8, 4) is 0 Å². The van der Waals surface area contributed by atoms with Gasteiger partial charge < -0.3 is 15.1 Å². The highest BCUT2D eigenvalue weighted by atomic mass is 16.3. The van der Waals surface area contributed by atoms with E-state index >= 15 is 0 Å². The Kier molecular flexibility index (Phi) is 3.55. The zero-order chi connectivity index (χ0) is 15.0. The highest BCUT2D eigenvalue weighted by molar-refractivity contribution is 5.99. The molecule has 110 valence electrons. The van der Waals surface area contributed by atoms with Crippen molar-refractivity contribution in [2.75, 3.05) is 11.9 Å². The molecular formula is C17H20N2O2. The number of carbonyl (C=O) groups excluding carboxylic acids is 1. The lowest BCUT2D eigenvalue weighted by molar-refractivity contribution is -0.115. The summed E-state index contributed by atoms with van der Waals surface area (Å²) in [6.07, 6.45) is 0.464. The Balaban J connectivity index is 2.00. The minimum atomic E-state index is 0.0671. The van der Waals surface area contributed by atoms with E-state index in [-0.39, 0.29) is 11.9 Å². The van der Waals surface area contributed by atoms with Gasteiger partial charge in [-0.3, -0.25) is 4.79 Å². The molecule has 2 aromatic rings. The minimum Gasteiger partial charge on any atom is -0.466 e. The molecule has 2 N–H and O–H groups in total. The lowest BCUT2D eigenvalue weighted by atomic mass is 9.96. The fraction of sp³-hybridized carbons (Fsp3) is 0.353. The van der Waals surface area contributed by atoms with Gasteiger partial charge in [0.25, 0.3) is 0 Å². The molecule has 21 heavy (non-hydrogen) atoms. The van der Waals surface area contributed by atoms with Crippen LogP contribution >= 0.6 is 0 Å². The molecule has 4 heteroatoms. The maximum Gasteiger partial charge on any atom is 0.228 e. The molecule has 1 atom stereocenters. The zero-order valence-corrected chi connectivity index (χ0v) is 12.6. The normalized spacial score (nSPS) is 14.9. The van der Waals surface area contributed by atoms with Crippen molar-refractivity contribution >= 4 is 11.6 Å². The lowest BCUT2D eigenvalue weighted by Crippen LogP contribution is -2.22. The summed E-state index contributed by atoms with van der Waals surface area (Å²) in [4.78, 5) is 11.5. The number of amides is 1. The van der Waals surface area contributed by atoms with Crippen molar-refractivity contribution in [1.82, 2.24) is 5.32 Å². The van der Waals surface area contributed by atoms with Crippen LogP contribution in [0.15, 0.2) is 28.7 Å². The molecule has 1 amide bonds. The summed E-state index contributed by atoms with van der Waals surface area (Å²) in [5.74, 6) is 1.93. The van der Waals surface area contributed by atoms with E-state index in [2.05, 4.69) is 35.8 Å². The third-order valence-electron chi connectivity index (χ3n) is 3.89. The first-order valence-electron chi connectivity index (χ1n) is 7.31. The van der Waals surface area contributed by atoms with E-state index in [0.29, 0.717) is 6.42 Å². The second-order valence-corrected chi connectivity index (χ2v) is 5.50. The molecule has 2 heterocycles. The molecule has 3 rings (SSSR count). The standard InChI is InChI=1S/C17H20N2O2/c1-4-18-17(14-7-10(2)21-11(14)3)12-5-6-15-13(8-12)9-16(20)19-15/h5-8,17-18H,4,9H2,1-3H3,(H,19,20). The first-order chi connectivity index (χ1) is 10.1. The Morgan fingerprint density at radius 2 is 2.14 bits per heavy atom. The third kappa shape index (κ3) is 2.59. The molecule has 0 bridgehead atoms. The number of nitrogens with one attached hydrogen (secondary N) is 2. The average molecular weight is 284 g/mol. The van der Waals surface area contributed by atoms with Crippen LogP contribution in [0.5, 0.6) is 0 Å². The topological polar surface area (TPSA) is 54.3 Å². The summed E-state index contributed by atoms with van der Waals surface area (Å²) in [6.45, 7) is 6.91. The fourth-order valence-electron chi connectivity index (χ4n) is 2.98. The third-order valence-corrected chi connectivity index (χ3v) is 3.89. The maximum absolute atomic E-state index is 11.5. The molecule has 0 fully saturated rings. The maximum atomic E-state index is 11.5. The van der Waals surface area contributed by atoms with Crippen molar-refractivity contribution in [2.45, 2.75) is 33.2 Å². The molecule has 0 radical (unpaired) electrons. The number of rotatable bonds is 4. The molecule has 1 aromatic heterocycles. The van der Waals surface area contributed by atoms with Gasteiger partial charge in [0.2, 0.25) is 5.91 Å². The van der Waals surface area contributed by atoms with Crippen LogP contribution in [0.25, 0.3) is 0 Å². The van der Waals surface area contributed by atoms with Gasteiger partial charge in [0.15, 0.2) is 0 Å². The van der Waals surface area contributed by atoms with Gasteiger partial charge >= 0.3 is 0 Å². The van der Waals surface area contributed by atoms with Crippen LogP contribution in [0, 0.1) is 13.8 Å². The molecule has 1 aliphatic heterocycles. The Morgan fingerprint density at radius 3 is 2.81 bits per heavy atom. The number of anilines is 1. The molecular weight excluding hydrogens is 264 g/mol. The Labute approximate surface area is 124 Å². The van der Waals surface area contributed by atoms with Gasteiger partial charge in [0.05, 0.1) is 12.5 Å². The largest absolute Gasteiger partial charge is 0.466 e. The minimum absolute atomic E-state index is 0.0671. The van der Waals surface area contributed by atoms with E-state index in [0.717, 1.165) is 40.4 Å². The van der Waals surface area contributed by atoms with E-state index in [1.165, 1.54) is 0 Å². The summed E-state index contributed by atoms with van der Waals surface area (Å²) in [5, 5.41) is 6.38. The van der Waals surface area contributed by atoms with E-state index in [1.807, 2.05) is 19.9 Å². The number of furan rings is 1. The SMILES string of the molecule is CCNC(c1ccc2c(c1)CC(=O)N2)c1cc(C)oc1C. The van der Waals surface area contributed by atoms with Gasteiger partial charge in [-0.05, 0) is 43.7 Å². The molecule has 0 saturated carbocycles. The summed E-state index contributed by atoms with van der Waals surface area (Å²) in [5.41, 5.74) is 4.32. The van der Waals surface area contributed by atoms with E-state index in [9.17, 15) is 4.79 Å². The van der Waals surface area contributed by atoms with Gasteiger partial charge in [-0.15, -0.1) is 0 Å². The molecule has 4 nitrogen and oxygen atoms in total. The van der Waals surface area contributed by atoms with Crippen LogP contribution in [0.4, 0.5) is 5.69 Å². The summed E-state index contributed by atoms with van der Waals surface area (Å²) >= 11 is 0. The predicted octanol–water partition coefficient (Wildman–Crippen LogP) is 3.09. The van der Waals surface area contributed by atoms with Gasteiger partial charge in [-0.25, -0.2) is 0 Å². The summed E-state index contributed by atoms with van der Waals surface area (Å²) < 4.78 is 5.67. The predicted molar refractivity (Wildman–Crippen MR) is 82.5 cm³/mol. The number of hydrogen-bond acceptors (Lipinski definition) is 3. The van der Waals surface area contributed by atoms with Gasteiger partial charge in [0.1, 0.15) is 11.5 Å². The molecule has 0 spiro atoms. The first kappa shape index (κ1) is 13.9. The molecule has 1 aliphatic rings. The summed E-state index contributed by atoms with van der Waals surface area (Å²) in [6, 6.07) is 8.34. The van der Waals surface area contributed by atoms with E-state index in [1.54, 1.807) is 0 Å². The van der Waals surface area contributed by atoms with E-state index in [4.69, 9.17) is 4.42 Å². The number of fused-ring (bicyclic) bond motifs is 1. The summed E-state index contributed by atoms with van der Waals surface area (Å²) in [7, 11) is 0. The average Bonchev–Trinajstić information content (AvgIpc) is 2.96. The van der Waals surface area contributed by atoms with Crippen LogP contribution < -0.4 is 10.6 Å². The monoisotopic (exact) mass is 284 g/mol. The second-order valence-electron chi connectivity index (χ2n) is 5.50. The van der Waals surface area contributed by atoms with Crippen molar-refractivity contribution in [1.29, 1.82) is 0 Å². The van der Waals surface area contributed by atoms with Crippen LogP contribution in [0.2, 0.25) is 0 Å². The van der Waals surface area contributed by atoms with E-state index < -0.39 is 0 Å². The number of benzene rings is 1. The van der Waals surface area contributed by atoms with Crippen molar-refractivity contribution in [3.63, 3.8) is 0 Å². The number of carbonyl (C=O) groups is 1. The molecule has 0 aliphatic carbocycles. The highest BCUT2D eigenvalue weighted by Gasteiger charge is 2.22. The molecule has 1 aromatic carbocycles. The van der Waals surface area contributed by atoms with Crippen LogP contribution in [0.3, 0.4) is 0 Å². The van der Waals surface area contributed by atoms with Crippen molar-refractivity contribution in [2.24, 2.45) is 0 Å². The fourth-order valence-corrected chi connectivity index (χ4v) is 2.98. The van der Waals surface area contributed by atoms with Crippen molar-refractivity contribution in [3.05, 3.63) is 52.5 Å². The quantitative estimate of drug-likeness (QED) is 0.907. The molecule has 1 unspecified atom stereocenters. The van der Waals surface area contributed by atoms with Crippen LogP contribution in [-0.2, 0) is 11.2 Å². The van der Waals surface area contributed by atoms with Gasteiger partial charge in [-0.1, -0.05) is 19.1 Å². The second kappa shape index (κ2) is 5.37. The first-order valence-corrected chi connectivity index (χ1v) is 7.31. The number of hydrogen-bond donors (Lipinski definition) is 2. The zero-order valence-electron chi connectivity index (χ0n) is 12.6. The highest BCUT2D eigenvalue weighted by Crippen LogP contribution is 2.31. The van der Waals surface area contributed by atoms with Gasteiger partial charge in [0, 0.05) is 11.3 Å². The molecule has 0 saturated heterocycles.